The predicted molar refractivity (Wildman–Crippen MR) is 75.4 cm³/mol. The molecule has 0 aromatic rings. The van der Waals surface area contributed by atoms with Gasteiger partial charge in [0.1, 0.15) is 13.5 Å². The fourth-order valence-corrected chi connectivity index (χ4v) is 2.16. The molecule has 1 aliphatic rings. The van der Waals surface area contributed by atoms with Crippen LogP contribution in [0.15, 0.2) is 0 Å². The Morgan fingerprint density at radius 2 is 1.28 bits per heavy atom. The van der Waals surface area contributed by atoms with Gasteiger partial charge in [-0.05, 0) is 54.1 Å². The van der Waals surface area contributed by atoms with Crippen molar-refractivity contribution >= 4 is 0 Å². The van der Waals surface area contributed by atoms with Crippen LogP contribution in [0.4, 0.5) is 0 Å². The van der Waals surface area contributed by atoms with E-state index in [1.54, 1.807) is 0 Å². The van der Waals surface area contributed by atoms with Crippen molar-refractivity contribution < 1.29 is 4.74 Å². The summed E-state index contributed by atoms with van der Waals surface area (Å²) in [6, 6.07) is 0. The summed E-state index contributed by atoms with van der Waals surface area (Å²) in [5, 5.41) is 0. The zero-order chi connectivity index (χ0) is 13.4. The van der Waals surface area contributed by atoms with E-state index < -0.39 is 0 Å². The normalized spacial score (nSPS) is 19.0. The van der Waals surface area contributed by atoms with Gasteiger partial charge in [0.05, 0.1) is 6.67 Å². The highest BCUT2D eigenvalue weighted by atomic mass is 16.5. The first-order valence-electron chi connectivity index (χ1n) is 6.90. The molecular weight excluding hydrogens is 228 g/mol. The van der Waals surface area contributed by atoms with Crippen molar-refractivity contribution in [3.05, 3.63) is 0 Å². The molecule has 5 nitrogen and oxygen atoms in total. The van der Waals surface area contributed by atoms with Gasteiger partial charge in [0.25, 0.3) is 0 Å². The minimum atomic E-state index is 0.789. The van der Waals surface area contributed by atoms with Crippen LogP contribution < -0.4 is 0 Å². The molecule has 1 fully saturated rings. The molecule has 0 atom stereocenters. The molecule has 1 aliphatic heterocycles. The van der Waals surface area contributed by atoms with Gasteiger partial charge >= 0.3 is 0 Å². The maximum atomic E-state index is 5.63. The quantitative estimate of drug-likeness (QED) is 0.627. The van der Waals surface area contributed by atoms with Crippen molar-refractivity contribution in [1.29, 1.82) is 0 Å². The van der Waals surface area contributed by atoms with E-state index in [0.717, 1.165) is 46.3 Å². The summed E-state index contributed by atoms with van der Waals surface area (Å²) in [5.41, 5.74) is 0. The summed E-state index contributed by atoms with van der Waals surface area (Å²) in [6.07, 6.45) is 2.42. The van der Waals surface area contributed by atoms with Crippen molar-refractivity contribution in [2.24, 2.45) is 0 Å². The molecule has 1 heterocycles. The average Bonchev–Trinajstić information content (AvgIpc) is 2.28. The first-order chi connectivity index (χ1) is 8.58. The van der Waals surface area contributed by atoms with E-state index in [1.165, 1.54) is 12.8 Å². The standard InChI is InChI=1S/C13H30N4O/c1-14(2)7-5-9-16-11-17(13-18-12-16)10-6-8-15(3)4/h5-13H2,1-4H3. The zero-order valence-electron chi connectivity index (χ0n) is 12.6. The minimum absolute atomic E-state index is 0.789. The van der Waals surface area contributed by atoms with Crippen LogP contribution in [0.2, 0.25) is 0 Å². The molecule has 0 saturated carbocycles. The number of hydrogen-bond acceptors (Lipinski definition) is 5. The van der Waals surface area contributed by atoms with Crippen molar-refractivity contribution in [3.8, 4) is 0 Å². The van der Waals surface area contributed by atoms with Crippen molar-refractivity contribution in [2.45, 2.75) is 12.8 Å². The van der Waals surface area contributed by atoms with Gasteiger partial charge in [0.15, 0.2) is 0 Å². The average molecular weight is 258 g/mol. The van der Waals surface area contributed by atoms with Crippen LogP contribution >= 0.6 is 0 Å². The molecule has 0 spiro atoms. The molecule has 108 valence electrons. The minimum Gasteiger partial charge on any atom is -0.351 e. The van der Waals surface area contributed by atoms with E-state index in [9.17, 15) is 0 Å². The van der Waals surface area contributed by atoms with Gasteiger partial charge in [-0.15, -0.1) is 0 Å². The van der Waals surface area contributed by atoms with Crippen molar-refractivity contribution in [1.82, 2.24) is 19.6 Å². The van der Waals surface area contributed by atoms with Crippen LogP contribution in [0.1, 0.15) is 12.8 Å². The summed E-state index contributed by atoms with van der Waals surface area (Å²) in [4.78, 5) is 9.25. The Balaban J connectivity index is 2.11. The third-order valence-electron chi connectivity index (χ3n) is 3.11. The molecule has 0 bridgehead atoms. The van der Waals surface area contributed by atoms with E-state index in [-0.39, 0.29) is 0 Å². The third-order valence-corrected chi connectivity index (χ3v) is 3.11. The molecule has 1 rings (SSSR count). The third kappa shape index (κ3) is 7.28. The Labute approximate surface area is 112 Å². The van der Waals surface area contributed by atoms with Crippen molar-refractivity contribution in [2.75, 3.05) is 74.5 Å². The Kier molecular flexibility index (Phi) is 7.77. The number of nitrogens with zero attached hydrogens (tertiary/aromatic N) is 4. The van der Waals surface area contributed by atoms with Gasteiger partial charge in [-0.25, -0.2) is 0 Å². The highest BCUT2D eigenvalue weighted by Crippen LogP contribution is 2.05. The zero-order valence-corrected chi connectivity index (χ0v) is 12.6. The summed E-state index contributed by atoms with van der Waals surface area (Å²) < 4.78 is 5.63. The lowest BCUT2D eigenvalue weighted by molar-refractivity contribution is -0.112. The van der Waals surface area contributed by atoms with E-state index >= 15 is 0 Å². The SMILES string of the molecule is CN(C)CCCN1COCN(CCCN(C)C)C1. The Morgan fingerprint density at radius 1 is 0.833 bits per heavy atom. The molecule has 0 aromatic heterocycles. The first kappa shape index (κ1) is 15.9. The molecule has 18 heavy (non-hydrogen) atoms. The predicted octanol–water partition coefficient (Wildman–Crippen LogP) is 0.397. The molecule has 0 N–H and O–H groups in total. The van der Waals surface area contributed by atoms with E-state index in [2.05, 4.69) is 47.8 Å². The van der Waals surface area contributed by atoms with Gasteiger partial charge < -0.3 is 14.5 Å². The summed E-state index contributed by atoms with van der Waals surface area (Å²) in [6.45, 7) is 7.19. The van der Waals surface area contributed by atoms with Crippen LogP contribution in [-0.4, -0.2) is 94.1 Å². The van der Waals surface area contributed by atoms with Crippen LogP contribution in [0.3, 0.4) is 0 Å². The topological polar surface area (TPSA) is 22.2 Å². The monoisotopic (exact) mass is 258 g/mol. The maximum Gasteiger partial charge on any atom is 0.102 e. The fourth-order valence-electron chi connectivity index (χ4n) is 2.16. The van der Waals surface area contributed by atoms with E-state index in [0.29, 0.717) is 0 Å². The lowest BCUT2D eigenvalue weighted by Crippen LogP contribution is -2.47. The largest absolute Gasteiger partial charge is 0.351 e. The molecule has 0 amide bonds. The number of rotatable bonds is 8. The van der Waals surface area contributed by atoms with Crippen LogP contribution in [0.5, 0.6) is 0 Å². The summed E-state index contributed by atoms with van der Waals surface area (Å²) >= 11 is 0. The highest BCUT2D eigenvalue weighted by Gasteiger charge is 2.16. The second-order valence-corrected chi connectivity index (χ2v) is 5.71. The van der Waals surface area contributed by atoms with Gasteiger partial charge in [-0.3, -0.25) is 9.80 Å². The molecule has 0 radical (unpaired) electrons. The Hall–Kier alpha value is -0.200. The Morgan fingerprint density at radius 3 is 1.67 bits per heavy atom. The Bertz CT molecular complexity index is 191. The maximum absolute atomic E-state index is 5.63. The second-order valence-electron chi connectivity index (χ2n) is 5.71. The second kappa shape index (κ2) is 8.82. The van der Waals surface area contributed by atoms with Crippen LogP contribution in [-0.2, 0) is 4.74 Å². The molecule has 1 saturated heterocycles. The van der Waals surface area contributed by atoms with Gasteiger partial charge in [0.2, 0.25) is 0 Å². The smallest absolute Gasteiger partial charge is 0.102 e. The number of hydrogen-bond donors (Lipinski definition) is 0. The molecular formula is C13H30N4O. The van der Waals surface area contributed by atoms with Gasteiger partial charge in [-0.1, -0.05) is 0 Å². The lowest BCUT2D eigenvalue weighted by Gasteiger charge is -2.35. The van der Waals surface area contributed by atoms with Gasteiger partial charge in [0, 0.05) is 13.1 Å². The fraction of sp³-hybridized carbons (Fsp3) is 1.00. The van der Waals surface area contributed by atoms with Crippen molar-refractivity contribution in [3.63, 3.8) is 0 Å². The number of ether oxygens (including phenoxy) is 1. The first-order valence-corrected chi connectivity index (χ1v) is 6.90. The molecule has 0 aromatic carbocycles. The highest BCUT2D eigenvalue weighted by molar-refractivity contribution is 4.62. The van der Waals surface area contributed by atoms with E-state index in [4.69, 9.17) is 4.74 Å². The summed E-state index contributed by atoms with van der Waals surface area (Å²) in [5.74, 6) is 0. The van der Waals surface area contributed by atoms with Crippen LogP contribution in [0.25, 0.3) is 0 Å². The van der Waals surface area contributed by atoms with Crippen LogP contribution in [0, 0.1) is 0 Å². The summed E-state index contributed by atoms with van der Waals surface area (Å²) in [7, 11) is 8.50. The molecule has 0 aliphatic carbocycles. The van der Waals surface area contributed by atoms with E-state index in [1.807, 2.05) is 0 Å². The molecule has 0 unspecified atom stereocenters. The molecule has 5 heteroatoms. The lowest BCUT2D eigenvalue weighted by atomic mass is 10.3. The van der Waals surface area contributed by atoms with Gasteiger partial charge in [-0.2, -0.15) is 0 Å².